The van der Waals surface area contributed by atoms with Crippen molar-refractivity contribution in [1.82, 2.24) is 5.32 Å². The summed E-state index contributed by atoms with van der Waals surface area (Å²) in [5.74, 6) is 1.85. The Hall–Kier alpha value is -0.830. The molecule has 1 N–H and O–H groups in total. The van der Waals surface area contributed by atoms with Crippen LogP contribution >= 0.6 is 15.9 Å². The Balaban J connectivity index is 1.40. The summed E-state index contributed by atoms with van der Waals surface area (Å²) in [6.07, 6.45) is 8.12. The first-order valence-corrected chi connectivity index (χ1v) is 9.37. The third kappa shape index (κ3) is 2.62. The molecule has 1 aromatic carbocycles. The number of carbonyl (C=O) groups is 1. The van der Waals surface area contributed by atoms with E-state index in [1.165, 1.54) is 24.8 Å². The van der Waals surface area contributed by atoms with E-state index in [4.69, 9.17) is 0 Å². The van der Waals surface area contributed by atoms with Crippen molar-refractivity contribution in [3.05, 3.63) is 35.9 Å². The fourth-order valence-corrected chi connectivity index (χ4v) is 7.02. The number of carbonyl (C=O) groups excluding carboxylic acids is 1. The molecule has 4 aliphatic carbocycles. The number of amides is 1. The zero-order valence-electron chi connectivity index (χ0n) is 13.0. The van der Waals surface area contributed by atoms with E-state index in [-0.39, 0.29) is 9.74 Å². The highest BCUT2D eigenvalue weighted by molar-refractivity contribution is 9.10. The average molecular weight is 362 g/mol. The topological polar surface area (TPSA) is 29.1 Å². The van der Waals surface area contributed by atoms with Gasteiger partial charge in [-0.15, -0.1) is 0 Å². The van der Waals surface area contributed by atoms with Crippen LogP contribution < -0.4 is 5.32 Å². The molecule has 0 spiro atoms. The Morgan fingerprint density at radius 2 is 1.82 bits per heavy atom. The van der Waals surface area contributed by atoms with Crippen LogP contribution in [0.4, 0.5) is 0 Å². The fraction of sp³-hybridized carbons (Fsp3) is 0.632. The van der Waals surface area contributed by atoms with Crippen molar-refractivity contribution in [1.29, 1.82) is 0 Å². The standard InChI is InChI=1S/C19H24BrNO/c20-19-11-15-8-16(12-19)10-18(9-15,13-19)17(22)21-7-6-14-4-2-1-3-5-14/h1-5,15-16H,6-13H2,(H,21,22). The van der Waals surface area contributed by atoms with E-state index in [2.05, 4.69) is 45.5 Å². The van der Waals surface area contributed by atoms with E-state index in [0.717, 1.165) is 44.1 Å². The summed E-state index contributed by atoms with van der Waals surface area (Å²) in [6, 6.07) is 10.4. The van der Waals surface area contributed by atoms with Gasteiger partial charge in [0.1, 0.15) is 0 Å². The molecule has 4 aliphatic rings. The van der Waals surface area contributed by atoms with Gasteiger partial charge in [-0.3, -0.25) is 4.79 Å². The maximum atomic E-state index is 12.9. The molecule has 2 unspecified atom stereocenters. The first-order valence-electron chi connectivity index (χ1n) is 8.58. The van der Waals surface area contributed by atoms with Crippen LogP contribution in [0, 0.1) is 17.3 Å². The number of halogens is 1. The van der Waals surface area contributed by atoms with E-state index < -0.39 is 0 Å². The van der Waals surface area contributed by atoms with Gasteiger partial charge >= 0.3 is 0 Å². The molecule has 4 fully saturated rings. The van der Waals surface area contributed by atoms with Crippen LogP contribution in [0.1, 0.15) is 44.1 Å². The van der Waals surface area contributed by atoms with Crippen LogP contribution in [-0.4, -0.2) is 16.8 Å². The summed E-state index contributed by atoms with van der Waals surface area (Å²) < 4.78 is 0.258. The monoisotopic (exact) mass is 361 g/mol. The third-order valence-electron chi connectivity index (χ3n) is 6.01. The number of alkyl halides is 1. The molecule has 0 aromatic heterocycles. The van der Waals surface area contributed by atoms with Gasteiger partial charge in [-0.1, -0.05) is 46.3 Å². The zero-order valence-corrected chi connectivity index (χ0v) is 14.6. The smallest absolute Gasteiger partial charge is 0.226 e. The second kappa shape index (κ2) is 5.36. The number of hydrogen-bond donors (Lipinski definition) is 1. The van der Waals surface area contributed by atoms with Crippen LogP contribution in [0.2, 0.25) is 0 Å². The van der Waals surface area contributed by atoms with Crippen molar-refractivity contribution in [2.45, 2.75) is 49.3 Å². The molecule has 4 bridgehead atoms. The highest BCUT2D eigenvalue weighted by Crippen LogP contribution is 2.64. The Morgan fingerprint density at radius 3 is 2.45 bits per heavy atom. The summed E-state index contributed by atoms with van der Waals surface area (Å²) in [5.41, 5.74) is 1.22. The molecule has 118 valence electrons. The Kier molecular flexibility index (Phi) is 3.60. The Bertz CT molecular complexity index is 556. The first-order chi connectivity index (χ1) is 10.6. The minimum Gasteiger partial charge on any atom is -0.355 e. The van der Waals surface area contributed by atoms with E-state index >= 15 is 0 Å². The summed E-state index contributed by atoms with van der Waals surface area (Å²) >= 11 is 3.99. The van der Waals surface area contributed by atoms with Gasteiger partial charge in [-0.2, -0.15) is 0 Å². The van der Waals surface area contributed by atoms with Crippen molar-refractivity contribution >= 4 is 21.8 Å². The van der Waals surface area contributed by atoms with E-state index in [9.17, 15) is 4.79 Å². The number of nitrogens with one attached hydrogen (secondary N) is 1. The Labute approximate surface area is 141 Å². The zero-order chi connectivity index (χ0) is 15.2. The molecule has 1 aromatic rings. The molecular weight excluding hydrogens is 338 g/mol. The van der Waals surface area contributed by atoms with Gasteiger partial charge in [0.25, 0.3) is 0 Å². The van der Waals surface area contributed by atoms with Crippen molar-refractivity contribution in [2.24, 2.45) is 17.3 Å². The maximum absolute atomic E-state index is 12.9. The predicted octanol–water partition coefficient (Wildman–Crippen LogP) is 4.08. The van der Waals surface area contributed by atoms with Crippen LogP contribution in [-0.2, 0) is 11.2 Å². The average Bonchev–Trinajstić information content (AvgIpc) is 2.45. The number of benzene rings is 1. The summed E-state index contributed by atoms with van der Waals surface area (Å²) in [5, 5.41) is 3.25. The van der Waals surface area contributed by atoms with Crippen molar-refractivity contribution in [3.63, 3.8) is 0 Å². The van der Waals surface area contributed by atoms with Gasteiger partial charge < -0.3 is 5.32 Å². The normalized spacial score (nSPS) is 39.0. The number of hydrogen-bond acceptors (Lipinski definition) is 1. The molecule has 0 heterocycles. The molecule has 0 aliphatic heterocycles. The molecule has 3 heteroatoms. The number of rotatable bonds is 4. The largest absolute Gasteiger partial charge is 0.355 e. The lowest BCUT2D eigenvalue weighted by Crippen LogP contribution is -2.58. The van der Waals surface area contributed by atoms with E-state index in [0.29, 0.717) is 5.91 Å². The lowest BCUT2D eigenvalue weighted by molar-refractivity contribution is -0.143. The lowest BCUT2D eigenvalue weighted by atomic mass is 9.49. The summed E-state index contributed by atoms with van der Waals surface area (Å²) in [6.45, 7) is 0.759. The van der Waals surface area contributed by atoms with Gasteiger partial charge in [0.15, 0.2) is 0 Å². The summed E-state index contributed by atoms with van der Waals surface area (Å²) in [7, 11) is 0. The highest BCUT2D eigenvalue weighted by Gasteiger charge is 2.59. The van der Waals surface area contributed by atoms with Crippen molar-refractivity contribution in [3.8, 4) is 0 Å². The molecule has 1 amide bonds. The molecule has 4 saturated carbocycles. The molecule has 0 saturated heterocycles. The quantitative estimate of drug-likeness (QED) is 0.804. The van der Waals surface area contributed by atoms with Crippen LogP contribution in [0.3, 0.4) is 0 Å². The molecule has 5 rings (SSSR count). The Morgan fingerprint density at radius 1 is 1.14 bits per heavy atom. The second-order valence-electron chi connectivity index (χ2n) is 7.88. The minimum atomic E-state index is -0.0791. The minimum absolute atomic E-state index is 0.0791. The van der Waals surface area contributed by atoms with E-state index in [1.807, 2.05) is 6.07 Å². The lowest BCUT2D eigenvalue weighted by Gasteiger charge is -2.59. The maximum Gasteiger partial charge on any atom is 0.226 e. The first kappa shape index (κ1) is 14.7. The highest BCUT2D eigenvalue weighted by atomic mass is 79.9. The van der Waals surface area contributed by atoms with E-state index in [1.54, 1.807) is 0 Å². The molecule has 2 atom stereocenters. The van der Waals surface area contributed by atoms with Gasteiger partial charge in [0, 0.05) is 10.9 Å². The van der Waals surface area contributed by atoms with Crippen LogP contribution in [0.25, 0.3) is 0 Å². The summed E-state index contributed by atoms with van der Waals surface area (Å²) in [4.78, 5) is 12.9. The van der Waals surface area contributed by atoms with Gasteiger partial charge in [-0.25, -0.2) is 0 Å². The van der Waals surface area contributed by atoms with Gasteiger partial charge in [0.2, 0.25) is 5.91 Å². The SMILES string of the molecule is O=C(NCCc1ccccc1)C12CC3CC(CC(Br)(C3)C1)C2. The van der Waals surface area contributed by atoms with Gasteiger partial charge in [0.05, 0.1) is 5.41 Å². The predicted molar refractivity (Wildman–Crippen MR) is 91.9 cm³/mol. The fourth-order valence-electron chi connectivity index (χ4n) is 5.57. The van der Waals surface area contributed by atoms with Crippen LogP contribution in [0.15, 0.2) is 30.3 Å². The second-order valence-corrected chi connectivity index (χ2v) is 9.57. The van der Waals surface area contributed by atoms with Crippen LogP contribution in [0.5, 0.6) is 0 Å². The molecule has 2 nitrogen and oxygen atoms in total. The van der Waals surface area contributed by atoms with Gasteiger partial charge in [-0.05, 0) is 62.3 Å². The molecule has 22 heavy (non-hydrogen) atoms. The molecule has 0 radical (unpaired) electrons. The molecular formula is C19H24BrNO. The van der Waals surface area contributed by atoms with Crippen molar-refractivity contribution in [2.75, 3.05) is 6.54 Å². The third-order valence-corrected chi connectivity index (χ3v) is 6.94. The van der Waals surface area contributed by atoms with Crippen molar-refractivity contribution < 1.29 is 4.79 Å².